The van der Waals surface area contributed by atoms with E-state index >= 15 is 0 Å². The molecule has 0 aliphatic carbocycles. The number of hydrogen-bond acceptors (Lipinski definition) is 6. The molecule has 0 unspecified atom stereocenters. The van der Waals surface area contributed by atoms with Crippen molar-refractivity contribution < 1.29 is 23.8 Å². The summed E-state index contributed by atoms with van der Waals surface area (Å²) >= 11 is 1.55. The van der Waals surface area contributed by atoms with Crippen molar-refractivity contribution in [2.75, 3.05) is 20.3 Å². The number of rotatable bonds is 7. The summed E-state index contributed by atoms with van der Waals surface area (Å²) in [5.41, 5.74) is 0.917. The van der Waals surface area contributed by atoms with Crippen LogP contribution in [0.4, 0.5) is 0 Å². The van der Waals surface area contributed by atoms with Gasteiger partial charge in [-0.3, -0.25) is 4.79 Å². The molecular weight excluding hydrogens is 328 g/mol. The maximum absolute atomic E-state index is 12.2. The summed E-state index contributed by atoms with van der Waals surface area (Å²) in [4.78, 5) is 26.3. The molecule has 0 saturated carbocycles. The Hall–Kier alpha value is -2.34. The predicted molar refractivity (Wildman–Crippen MR) is 92.6 cm³/mol. The van der Waals surface area contributed by atoms with Gasteiger partial charge in [0.1, 0.15) is 0 Å². The van der Waals surface area contributed by atoms with Gasteiger partial charge in [-0.1, -0.05) is 0 Å². The topological polar surface area (TPSA) is 61.8 Å². The van der Waals surface area contributed by atoms with Crippen LogP contribution in [-0.4, -0.2) is 32.1 Å². The maximum atomic E-state index is 12.2. The van der Waals surface area contributed by atoms with Gasteiger partial charge < -0.3 is 14.2 Å². The molecule has 1 aromatic carbocycles. The van der Waals surface area contributed by atoms with Crippen LogP contribution in [0.3, 0.4) is 0 Å². The van der Waals surface area contributed by atoms with Crippen molar-refractivity contribution in [1.82, 2.24) is 0 Å². The van der Waals surface area contributed by atoms with Crippen LogP contribution in [-0.2, 0) is 4.74 Å². The highest BCUT2D eigenvalue weighted by Crippen LogP contribution is 2.28. The molecule has 5 nitrogen and oxygen atoms in total. The molecule has 0 aliphatic rings. The second-order valence-electron chi connectivity index (χ2n) is 5.12. The Kier molecular flexibility index (Phi) is 5.98. The summed E-state index contributed by atoms with van der Waals surface area (Å²) in [7, 11) is 1.53. The zero-order valence-corrected chi connectivity index (χ0v) is 15.0. The number of ether oxygens (including phenoxy) is 3. The number of aryl methyl sites for hydroxylation is 2. The number of methoxy groups -OCH3 is 1. The fraction of sp³-hybridized carbons (Fsp3) is 0.333. The molecular formula is C18H20O5S. The third-order valence-electron chi connectivity index (χ3n) is 3.37. The number of hydrogen-bond donors (Lipinski definition) is 0. The molecule has 24 heavy (non-hydrogen) atoms. The van der Waals surface area contributed by atoms with Crippen LogP contribution in [0.2, 0.25) is 0 Å². The van der Waals surface area contributed by atoms with E-state index in [0.29, 0.717) is 29.2 Å². The summed E-state index contributed by atoms with van der Waals surface area (Å²) in [5, 5.41) is 0. The summed E-state index contributed by atoms with van der Waals surface area (Å²) < 4.78 is 15.7. The molecule has 0 bridgehead atoms. The monoisotopic (exact) mass is 348 g/mol. The quantitative estimate of drug-likeness (QED) is 0.562. The Bertz CT molecular complexity index is 748. The third-order valence-corrected chi connectivity index (χ3v) is 4.34. The zero-order valence-electron chi connectivity index (χ0n) is 14.2. The predicted octanol–water partition coefficient (Wildman–Crippen LogP) is 3.81. The van der Waals surface area contributed by atoms with Gasteiger partial charge in [-0.05, 0) is 45.0 Å². The van der Waals surface area contributed by atoms with E-state index in [0.717, 1.165) is 9.75 Å². The Balaban J connectivity index is 2.05. The van der Waals surface area contributed by atoms with Crippen LogP contribution in [0.5, 0.6) is 11.5 Å². The van der Waals surface area contributed by atoms with E-state index in [-0.39, 0.29) is 12.4 Å². The summed E-state index contributed by atoms with van der Waals surface area (Å²) in [6.45, 7) is 5.82. The third kappa shape index (κ3) is 4.14. The molecule has 0 N–H and O–H groups in total. The molecule has 2 rings (SSSR count). The highest BCUT2D eigenvalue weighted by molar-refractivity contribution is 7.12. The van der Waals surface area contributed by atoms with Gasteiger partial charge in [0, 0.05) is 15.3 Å². The van der Waals surface area contributed by atoms with Crippen LogP contribution in [0, 0.1) is 13.8 Å². The largest absolute Gasteiger partial charge is 0.493 e. The maximum Gasteiger partial charge on any atom is 0.338 e. The van der Waals surface area contributed by atoms with E-state index in [1.54, 1.807) is 29.5 Å². The first-order valence-electron chi connectivity index (χ1n) is 7.54. The van der Waals surface area contributed by atoms with Crippen LogP contribution < -0.4 is 9.47 Å². The molecule has 1 aromatic heterocycles. The number of carbonyl (C=O) groups excluding carboxylic acids is 2. The lowest BCUT2D eigenvalue weighted by atomic mass is 10.1. The second kappa shape index (κ2) is 7.97. The van der Waals surface area contributed by atoms with Crippen molar-refractivity contribution in [2.24, 2.45) is 0 Å². The number of benzene rings is 1. The van der Waals surface area contributed by atoms with Crippen LogP contribution >= 0.6 is 11.3 Å². The number of carbonyl (C=O) groups is 2. The van der Waals surface area contributed by atoms with Gasteiger partial charge in [0.25, 0.3) is 0 Å². The average Bonchev–Trinajstić information content (AvgIpc) is 2.91. The summed E-state index contributed by atoms with van der Waals surface area (Å²) in [6, 6.07) is 6.58. The van der Waals surface area contributed by atoms with Crippen molar-refractivity contribution >= 4 is 23.1 Å². The van der Waals surface area contributed by atoms with Crippen LogP contribution in [0.1, 0.15) is 37.4 Å². The molecule has 6 heteroatoms. The minimum atomic E-state index is -0.573. The van der Waals surface area contributed by atoms with E-state index < -0.39 is 5.97 Å². The lowest BCUT2D eigenvalue weighted by molar-refractivity contribution is 0.0474. The number of esters is 1. The van der Waals surface area contributed by atoms with Gasteiger partial charge in [-0.2, -0.15) is 0 Å². The van der Waals surface area contributed by atoms with Gasteiger partial charge in [0.2, 0.25) is 5.78 Å². The molecule has 0 spiro atoms. The fourth-order valence-corrected chi connectivity index (χ4v) is 3.21. The molecule has 0 atom stereocenters. The van der Waals surface area contributed by atoms with Crippen molar-refractivity contribution in [1.29, 1.82) is 0 Å². The molecule has 2 aromatic rings. The smallest absolute Gasteiger partial charge is 0.338 e. The first-order chi connectivity index (χ1) is 11.5. The van der Waals surface area contributed by atoms with E-state index in [1.807, 2.05) is 26.8 Å². The normalized spacial score (nSPS) is 10.3. The highest BCUT2D eigenvalue weighted by atomic mass is 32.1. The fourth-order valence-electron chi connectivity index (χ4n) is 2.27. The van der Waals surface area contributed by atoms with E-state index in [1.165, 1.54) is 7.11 Å². The number of Topliss-reactive ketones (excluding diaryl/α,β-unsaturated/α-hetero) is 1. The Morgan fingerprint density at radius 1 is 1.12 bits per heavy atom. The number of ketones is 1. The SMILES string of the molecule is CCOc1cc(C(=O)OCC(=O)c2cc(C)sc2C)ccc1OC. The lowest BCUT2D eigenvalue weighted by Crippen LogP contribution is -2.14. The average molecular weight is 348 g/mol. The van der Waals surface area contributed by atoms with Crippen molar-refractivity contribution in [2.45, 2.75) is 20.8 Å². The van der Waals surface area contributed by atoms with Gasteiger partial charge in [0.15, 0.2) is 18.1 Å². The molecule has 0 fully saturated rings. The first-order valence-corrected chi connectivity index (χ1v) is 8.36. The lowest BCUT2D eigenvalue weighted by Gasteiger charge is -2.10. The van der Waals surface area contributed by atoms with E-state index in [9.17, 15) is 9.59 Å². The van der Waals surface area contributed by atoms with Crippen LogP contribution in [0.15, 0.2) is 24.3 Å². The Morgan fingerprint density at radius 2 is 1.88 bits per heavy atom. The Labute approximate surface area is 145 Å². The minimum absolute atomic E-state index is 0.205. The highest BCUT2D eigenvalue weighted by Gasteiger charge is 2.17. The van der Waals surface area contributed by atoms with Gasteiger partial charge in [-0.25, -0.2) is 4.79 Å². The first kappa shape index (κ1) is 18.0. The standard InChI is InChI=1S/C18H20O5S/c1-5-22-17-9-13(6-7-16(17)21-4)18(20)23-10-15(19)14-8-11(2)24-12(14)3/h6-9H,5,10H2,1-4H3. The zero-order chi connectivity index (χ0) is 17.7. The molecule has 128 valence electrons. The van der Waals surface area contributed by atoms with Gasteiger partial charge in [-0.15, -0.1) is 11.3 Å². The van der Waals surface area contributed by atoms with Crippen molar-refractivity contribution in [3.05, 3.63) is 45.1 Å². The molecule has 0 saturated heterocycles. The second-order valence-corrected chi connectivity index (χ2v) is 6.59. The van der Waals surface area contributed by atoms with E-state index in [2.05, 4.69) is 0 Å². The van der Waals surface area contributed by atoms with Crippen LogP contribution in [0.25, 0.3) is 0 Å². The van der Waals surface area contributed by atoms with Gasteiger partial charge >= 0.3 is 5.97 Å². The Morgan fingerprint density at radius 3 is 2.46 bits per heavy atom. The number of thiophene rings is 1. The molecule has 0 radical (unpaired) electrons. The summed E-state index contributed by atoms with van der Waals surface area (Å²) in [5.74, 6) is 0.222. The molecule has 0 aliphatic heterocycles. The molecule has 0 amide bonds. The summed E-state index contributed by atoms with van der Waals surface area (Å²) in [6.07, 6.45) is 0. The van der Waals surface area contributed by atoms with Crippen molar-refractivity contribution in [3.63, 3.8) is 0 Å². The van der Waals surface area contributed by atoms with E-state index in [4.69, 9.17) is 14.2 Å². The minimum Gasteiger partial charge on any atom is -0.493 e. The van der Waals surface area contributed by atoms with Crippen molar-refractivity contribution in [3.8, 4) is 11.5 Å². The van der Waals surface area contributed by atoms with Gasteiger partial charge in [0.05, 0.1) is 19.3 Å². The molecule has 1 heterocycles.